The van der Waals surface area contributed by atoms with Crippen LogP contribution in [0, 0.1) is 12.8 Å². The average molecular weight is 544 g/mol. The Morgan fingerprint density at radius 2 is 1.76 bits per heavy atom. The van der Waals surface area contributed by atoms with Crippen LogP contribution in [-0.4, -0.2) is 46.1 Å². The number of aryl methyl sites for hydroxylation is 1. The Morgan fingerprint density at radius 3 is 2.29 bits per heavy atom. The van der Waals surface area contributed by atoms with E-state index in [1.807, 2.05) is 26.8 Å². The quantitative estimate of drug-likeness (QED) is 0.319. The molecule has 0 saturated heterocycles. The highest BCUT2D eigenvalue weighted by Crippen LogP contribution is 2.30. The van der Waals surface area contributed by atoms with Crippen LogP contribution in [0.1, 0.15) is 58.2 Å². The molecular formula is C29H38ClN3O5. The van der Waals surface area contributed by atoms with Crippen molar-refractivity contribution in [3.05, 3.63) is 71.3 Å². The van der Waals surface area contributed by atoms with Gasteiger partial charge in [-0.3, -0.25) is 9.59 Å². The number of phenolic OH excluding ortho intramolecular Hbond substituents is 1. The molecular weight excluding hydrogens is 506 g/mol. The Labute approximate surface area is 230 Å². The summed E-state index contributed by atoms with van der Waals surface area (Å²) >= 11 is 6.36. The lowest BCUT2D eigenvalue weighted by Crippen LogP contribution is -2.52. The molecule has 0 saturated carbocycles. The van der Waals surface area contributed by atoms with E-state index in [1.165, 1.54) is 23.1 Å². The predicted molar refractivity (Wildman–Crippen MR) is 150 cm³/mol. The summed E-state index contributed by atoms with van der Waals surface area (Å²) in [4.78, 5) is 41.8. The van der Waals surface area contributed by atoms with E-state index in [2.05, 4.69) is 17.2 Å². The smallest absolute Gasteiger partial charge is 0.408 e. The lowest BCUT2D eigenvalue weighted by Gasteiger charge is -2.34. The van der Waals surface area contributed by atoms with Gasteiger partial charge in [0.1, 0.15) is 23.4 Å². The van der Waals surface area contributed by atoms with E-state index in [9.17, 15) is 19.5 Å². The van der Waals surface area contributed by atoms with Gasteiger partial charge < -0.3 is 25.4 Å². The van der Waals surface area contributed by atoms with Crippen molar-refractivity contribution < 1.29 is 24.2 Å². The van der Waals surface area contributed by atoms with Gasteiger partial charge in [-0.25, -0.2) is 4.79 Å². The molecule has 3 N–H and O–H groups in total. The SMILES string of the molecule is C=CCN(C(=O)C(CC(C)C)NC(=O)OC(C)(C)C)C(C(=O)Nc1c(C)cccc1Cl)c1ccc(O)cc1. The Bertz CT molecular complexity index is 1120. The molecule has 0 aromatic heterocycles. The van der Waals surface area contributed by atoms with Gasteiger partial charge in [0.15, 0.2) is 0 Å². The van der Waals surface area contributed by atoms with Crippen LogP contribution in [-0.2, 0) is 14.3 Å². The van der Waals surface area contributed by atoms with Crippen molar-refractivity contribution in [3.63, 3.8) is 0 Å². The zero-order valence-corrected chi connectivity index (χ0v) is 23.6. The molecule has 2 atom stereocenters. The number of anilines is 1. The zero-order chi connectivity index (χ0) is 28.6. The molecule has 0 heterocycles. The van der Waals surface area contributed by atoms with Crippen molar-refractivity contribution in [2.24, 2.45) is 5.92 Å². The molecule has 3 amide bonds. The Balaban J connectivity index is 2.53. The van der Waals surface area contributed by atoms with Gasteiger partial charge in [0, 0.05) is 6.54 Å². The number of ether oxygens (including phenoxy) is 1. The Morgan fingerprint density at radius 1 is 1.13 bits per heavy atom. The molecule has 0 fully saturated rings. The average Bonchev–Trinajstić information content (AvgIpc) is 2.80. The lowest BCUT2D eigenvalue weighted by molar-refractivity contribution is -0.140. The van der Waals surface area contributed by atoms with E-state index >= 15 is 0 Å². The number of hydrogen-bond acceptors (Lipinski definition) is 5. The van der Waals surface area contributed by atoms with Crippen LogP contribution in [0.25, 0.3) is 0 Å². The molecule has 2 aromatic carbocycles. The van der Waals surface area contributed by atoms with E-state index in [0.29, 0.717) is 22.7 Å². The third kappa shape index (κ3) is 8.80. The minimum atomic E-state index is -1.12. The third-order valence-electron chi connectivity index (χ3n) is 5.54. The van der Waals surface area contributed by atoms with E-state index in [4.69, 9.17) is 16.3 Å². The van der Waals surface area contributed by atoms with Crippen LogP contribution >= 0.6 is 11.6 Å². The van der Waals surface area contributed by atoms with E-state index in [-0.39, 0.29) is 18.2 Å². The van der Waals surface area contributed by atoms with Gasteiger partial charge in [0.25, 0.3) is 5.91 Å². The van der Waals surface area contributed by atoms with Crippen LogP contribution in [0.4, 0.5) is 10.5 Å². The second kappa shape index (κ2) is 13.3. The van der Waals surface area contributed by atoms with Crippen LogP contribution < -0.4 is 10.6 Å². The fourth-order valence-corrected chi connectivity index (χ4v) is 4.18. The van der Waals surface area contributed by atoms with Gasteiger partial charge >= 0.3 is 6.09 Å². The van der Waals surface area contributed by atoms with Crippen LogP contribution in [0.15, 0.2) is 55.1 Å². The highest BCUT2D eigenvalue weighted by Gasteiger charge is 2.36. The molecule has 0 aliphatic heterocycles. The number of halogens is 1. The first-order valence-electron chi connectivity index (χ1n) is 12.5. The molecule has 0 bridgehead atoms. The largest absolute Gasteiger partial charge is 0.508 e. The number of aromatic hydroxyl groups is 1. The minimum absolute atomic E-state index is 0.0146. The van der Waals surface area contributed by atoms with Crippen molar-refractivity contribution in [1.29, 1.82) is 0 Å². The van der Waals surface area contributed by atoms with Gasteiger partial charge in [0.05, 0.1) is 10.7 Å². The summed E-state index contributed by atoms with van der Waals surface area (Å²) in [5, 5.41) is 15.7. The van der Waals surface area contributed by atoms with Crippen LogP contribution in [0.5, 0.6) is 5.75 Å². The second-order valence-electron chi connectivity index (χ2n) is 10.5. The standard InChI is InChI=1S/C29H38ClN3O5/c1-8-16-33(27(36)23(17-18(2)3)31-28(37)38-29(5,6)7)25(20-12-14-21(34)15-13-20)26(35)32-24-19(4)10-9-11-22(24)30/h8-15,18,23,25,34H,1,16-17H2,2-7H3,(H,31,37)(H,32,35). The van der Waals surface area contributed by atoms with Crippen LogP contribution in [0.2, 0.25) is 5.02 Å². The number of phenols is 1. The monoisotopic (exact) mass is 543 g/mol. The normalized spacial score (nSPS) is 12.8. The summed E-state index contributed by atoms with van der Waals surface area (Å²) in [6.07, 6.45) is 1.10. The number of hydrogen-bond donors (Lipinski definition) is 3. The third-order valence-corrected chi connectivity index (χ3v) is 5.86. The second-order valence-corrected chi connectivity index (χ2v) is 10.9. The summed E-state index contributed by atoms with van der Waals surface area (Å²) in [5.74, 6) is -0.923. The van der Waals surface area contributed by atoms with E-state index in [0.717, 1.165) is 5.56 Å². The highest BCUT2D eigenvalue weighted by molar-refractivity contribution is 6.34. The summed E-state index contributed by atoms with van der Waals surface area (Å²) in [6.45, 7) is 14.7. The van der Waals surface area contributed by atoms with Gasteiger partial charge in [-0.1, -0.05) is 55.8 Å². The van der Waals surface area contributed by atoms with Crippen LogP contribution in [0.3, 0.4) is 0 Å². The first-order valence-corrected chi connectivity index (χ1v) is 12.9. The van der Waals surface area contributed by atoms with Crippen molar-refractivity contribution in [1.82, 2.24) is 10.2 Å². The van der Waals surface area contributed by atoms with Crippen molar-refractivity contribution in [3.8, 4) is 5.75 Å². The number of nitrogens with zero attached hydrogens (tertiary/aromatic N) is 1. The topological polar surface area (TPSA) is 108 Å². The Kier molecular flexibility index (Phi) is 10.8. The summed E-state index contributed by atoms with van der Waals surface area (Å²) in [7, 11) is 0. The summed E-state index contributed by atoms with van der Waals surface area (Å²) < 4.78 is 5.39. The number of alkyl carbamates (subject to hydrolysis) is 1. The Hall–Kier alpha value is -3.52. The number of para-hydroxylation sites is 1. The lowest BCUT2D eigenvalue weighted by atomic mass is 9.99. The molecule has 2 unspecified atom stereocenters. The van der Waals surface area contributed by atoms with Gasteiger partial charge in [-0.15, -0.1) is 6.58 Å². The highest BCUT2D eigenvalue weighted by atomic mass is 35.5. The number of carbonyl (C=O) groups is 3. The van der Waals surface area contributed by atoms with Gasteiger partial charge in [0.2, 0.25) is 5.91 Å². The number of nitrogens with one attached hydrogen (secondary N) is 2. The number of rotatable bonds is 10. The first-order chi connectivity index (χ1) is 17.7. The van der Waals surface area contributed by atoms with E-state index in [1.54, 1.807) is 45.0 Å². The molecule has 0 spiro atoms. The molecule has 0 aliphatic carbocycles. The summed E-state index contributed by atoms with van der Waals surface area (Å²) in [6, 6.07) is 9.20. The van der Waals surface area contributed by atoms with Crippen molar-refractivity contribution in [2.45, 2.75) is 65.6 Å². The molecule has 2 rings (SSSR count). The molecule has 9 heteroatoms. The van der Waals surface area contributed by atoms with E-state index < -0.39 is 35.6 Å². The predicted octanol–water partition coefficient (Wildman–Crippen LogP) is 5.99. The maximum Gasteiger partial charge on any atom is 0.408 e. The fourth-order valence-electron chi connectivity index (χ4n) is 3.92. The summed E-state index contributed by atoms with van der Waals surface area (Å²) in [5.41, 5.74) is 0.888. The van der Waals surface area contributed by atoms with Gasteiger partial charge in [-0.05, 0) is 69.4 Å². The molecule has 8 nitrogen and oxygen atoms in total. The number of amides is 3. The minimum Gasteiger partial charge on any atom is -0.508 e. The zero-order valence-electron chi connectivity index (χ0n) is 22.9. The number of benzene rings is 2. The van der Waals surface area contributed by atoms with Crippen molar-refractivity contribution >= 4 is 35.2 Å². The molecule has 38 heavy (non-hydrogen) atoms. The van der Waals surface area contributed by atoms with Gasteiger partial charge in [-0.2, -0.15) is 0 Å². The first kappa shape index (κ1) is 30.7. The molecule has 206 valence electrons. The fraction of sp³-hybridized carbons (Fsp3) is 0.414. The molecule has 0 radical (unpaired) electrons. The number of carbonyl (C=O) groups excluding carboxylic acids is 3. The van der Waals surface area contributed by atoms with Crippen molar-refractivity contribution in [2.75, 3.05) is 11.9 Å². The maximum atomic E-state index is 14.0. The maximum absolute atomic E-state index is 14.0. The molecule has 2 aromatic rings. The molecule has 0 aliphatic rings.